The first kappa shape index (κ1) is 18.3. The fourth-order valence-electron chi connectivity index (χ4n) is 3.43. The number of hydrogen-bond donors (Lipinski definition) is 1. The van der Waals surface area contributed by atoms with Gasteiger partial charge >= 0.3 is 0 Å². The molecule has 0 fully saturated rings. The molecule has 1 amide bonds. The third kappa shape index (κ3) is 2.89. The minimum absolute atomic E-state index is 0.281. The summed E-state index contributed by atoms with van der Waals surface area (Å²) in [6.45, 7) is 3.84. The van der Waals surface area contributed by atoms with Gasteiger partial charge in [0.05, 0.1) is 16.4 Å². The van der Waals surface area contributed by atoms with E-state index in [2.05, 4.69) is 15.4 Å². The minimum Gasteiger partial charge on any atom is -0.299 e. The van der Waals surface area contributed by atoms with Crippen LogP contribution in [0.4, 0.5) is 0 Å². The molecule has 0 saturated carbocycles. The second-order valence-electron chi connectivity index (χ2n) is 6.97. The van der Waals surface area contributed by atoms with E-state index in [1.807, 2.05) is 54.8 Å². The number of nitrogens with one attached hydrogen (secondary N) is 1. The van der Waals surface area contributed by atoms with Gasteiger partial charge in [0.15, 0.2) is 0 Å². The summed E-state index contributed by atoms with van der Waals surface area (Å²) in [5.41, 5.74) is 6.47. The molecule has 1 N–H and O–H groups in total. The first-order valence-corrected chi connectivity index (χ1v) is 10.2. The molecule has 30 heavy (non-hydrogen) atoms. The standard InChI is InChI=1S/C22H17N5O2S/c1-13-14(2)30-21-19(13)22(29)27(12-24-21)25-20(28)15-7-9-16(10-8-15)26-11-23-17-5-3-4-6-18(17)26/h3-12H,1-2H3,(H,25,28). The maximum absolute atomic E-state index is 12.8. The first-order chi connectivity index (χ1) is 14.5. The van der Waals surface area contributed by atoms with Crippen molar-refractivity contribution in [1.29, 1.82) is 0 Å². The fourth-order valence-corrected chi connectivity index (χ4v) is 4.41. The highest BCUT2D eigenvalue weighted by Crippen LogP contribution is 2.25. The number of amides is 1. The number of rotatable bonds is 3. The second-order valence-corrected chi connectivity index (χ2v) is 8.18. The third-order valence-corrected chi connectivity index (χ3v) is 6.29. The Bertz CT molecular complexity index is 1480. The van der Waals surface area contributed by atoms with E-state index in [4.69, 9.17) is 0 Å². The van der Waals surface area contributed by atoms with Crippen molar-refractivity contribution in [3.8, 4) is 5.69 Å². The highest BCUT2D eigenvalue weighted by molar-refractivity contribution is 7.18. The van der Waals surface area contributed by atoms with Crippen molar-refractivity contribution in [3.63, 3.8) is 0 Å². The van der Waals surface area contributed by atoms with E-state index < -0.39 is 0 Å². The van der Waals surface area contributed by atoms with E-state index in [1.165, 1.54) is 17.7 Å². The molecule has 3 heterocycles. The van der Waals surface area contributed by atoms with Crippen LogP contribution in [0.25, 0.3) is 26.9 Å². The molecule has 8 heteroatoms. The van der Waals surface area contributed by atoms with Crippen LogP contribution < -0.4 is 11.0 Å². The van der Waals surface area contributed by atoms with E-state index >= 15 is 0 Å². The maximum atomic E-state index is 12.8. The van der Waals surface area contributed by atoms with Crippen molar-refractivity contribution < 1.29 is 4.79 Å². The van der Waals surface area contributed by atoms with Gasteiger partial charge in [-0.25, -0.2) is 14.6 Å². The van der Waals surface area contributed by atoms with Crippen LogP contribution in [0.3, 0.4) is 0 Å². The molecule has 3 aromatic heterocycles. The van der Waals surface area contributed by atoms with Gasteiger partial charge in [-0.2, -0.15) is 0 Å². The topological polar surface area (TPSA) is 81.8 Å². The largest absolute Gasteiger partial charge is 0.299 e. The number of fused-ring (bicyclic) bond motifs is 2. The Morgan fingerprint density at radius 2 is 1.77 bits per heavy atom. The average molecular weight is 415 g/mol. The summed E-state index contributed by atoms with van der Waals surface area (Å²) in [7, 11) is 0. The number of para-hydroxylation sites is 2. The lowest BCUT2D eigenvalue weighted by molar-refractivity contribution is 0.101. The van der Waals surface area contributed by atoms with Crippen LogP contribution in [0.15, 0.2) is 66.0 Å². The molecule has 0 radical (unpaired) electrons. The Morgan fingerprint density at radius 3 is 2.57 bits per heavy atom. The number of benzene rings is 2. The monoisotopic (exact) mass is 415 g/mol. The van der Waals surface area contributed by atoms with Crippen LogP contribution >= 0.6 is 11.3 Å². The van der Waals surface area contributed by atoms with E-state index in [1.54, 1.807) is 18.5 Å². The van der Waals surface area contributed by atoms with Gasteiger partial charge in [0, 0.05) is 16.1 Å². The summed E-state index contributed by atoms with van der Waals surface area (Å²) in [6, 6.07) is 15.0. The molecule has 0 aliphatic heterocycles. The lowest BCUT2D eigenvalue weighted by atomic mass is 10.2. The summed E-state index contributed by atoms with van der Waals surface area (Å²) in [4.78, 5) is 35.9. The zero-order valence-corrected chi connectivity index (χ0v) is 17.1. The number of thiophene rings is 1. The zero-order valence-electron chi connectivity index (χ0n) is 16.3. The van der Waals surface area contributed by atoms with Crippen LogP contribution in [0.1, 0.15) is 20.8 Å². The number of hydrogen-bond acceptors (Lipinski definition) is 5. The van der Waals surface area contributed by atoms with Gasteiger partial charge in [-0.3, -0.25) is 19.6 Å². The predicted octanol–water partition coefficient (Wildman–Crippen LogP) is 3.80. The molecule has 2 aromatic carbocycles. The molecule has 0 unspecified atom stereocenters. The van der Waals surface area contributed by atoms with Gasteiger partial charge in [-0.05, 0) is 55.8 Å². The average Bonchev–Trinajstić information content (AvgIpc) is 3.31. The van der Waals surface area contributed by atoms with Crippen LogP contribution in [-0.2, 0) is 0 Å². The molecule has 0 aliphatic carbocycles. The van der Waals surface area contributed by atoms with Gasteiger partial charge < -0.3 is 0 Å². The maximum Gasteiger partial charge on any atom is 0.281 e. The Labute approximate surface area is 175 Å². The van der Waals surface area contributed by atoms with E-state index in [9.17, 15) is 9.59 Å². The van der Waals surface area contributed by atoms with Crippen molar-refractivity contribution in [3.05, 3.63) is 87.5 Å². The quantitative estimate of drug-likeness (QED) is 0.486. The van der Waals surface area contributed by atoms with Gasteiger partial charge in [0.25, 0.3) is 11.5 Å². The first-order valence-electron chi connectivity index (χ1n) is 9.34. The third-order valence-electron chi connectivity index (χ3n) is 5.17. The van der Waals surface area contributed by atoms with Gasteiger partial charge in [-0.1, -0.05) is 12.1 Å². The van der Waals surface area contributed by atoms with Crippen LogP contribution in [0.5, 0.6) is 0 Å². The molecule has 0 atom stereocenters. The smallest absolute Gasteiger partial charge is 0.281 e. The highest BCUT2D eigenvalue weighted by Gasteiger charge is 2.14. The molecule has 0 saturated heterocycles. The normalized spacial score (nSPS) is 11.3. The Hall–Kier alpha value is -3.78. The highest BCUT2D eigenvalue weighted by atomic mass is 32.1. The number of carbonyl (C=O) groups excluding carboxylic acids is 1. The van der Waals surface area contributed by atoms with Crippen molar-refractivity contribution in [2.24, 2.45) is 0 Å². The van der Waals surface area contributed by atoms with Crippen molar-refractivity contribution in [2.75, 3.05) is 5.43 Å². The van der Waals surface area contributed by atoms with E-state index in [-0.39, 0.29) is 11.5 Å². The van der Waals surface area contributed by atoms with Crippen LogP contribution in [-0.4, -0.2) is 25.1 Å². The number of nitrogens with zero attached hydrogens (tertiary/aromatic N) is 4. The summed E-state index contributed by atoms with van der Waals surface area (Å²) in [5, 5.41) is 0.544. The lowest BCUT2D eigenvalue weighted by Gasteiger charge is -2.09. The van der Waals surface area contributed by atoms with E-state index in [0.29, 0.717) is 15.8 Å². The molecule has 5 rings (SSSR count). The molecule has 5 aromatic rings. The SMILES string of the molecule is Cc1sc2ncn(NC(=O)c3ccc(-n4cnc5ccccc54)cc3)c(=O)c2c1C. The minimum atomic E-state index is -0.384. The van der Waals surface area contributed by atoms with Crippen molar-refractivity contribution in [1.82, 2.24) is 19.2 Å². The van der Waals surface area contributed by atoms with Gasteiger partial charge in [0.2, 0.25) is 0 Å². The Morgan fingerprint density at radius 1 is 1.00 bits per heavy atom. The molecular formula is C22H17N5O2S. The van der Waals surface area contributed by atoms with Crippen LogP contribution in [0, 0.1) is 13.8 Å². The fraction of sp³-hybridized carbons (Fsp3) is 0.0909. The number of carbonyl (C=O) groups is 1. The molecule has 148 valence electrons. The summed E-state index contributed by atoms with van der Waals surface area (Å²) >= 11 is 1.47. The van der Waals surface area contributed by atoms with Crippen molar-refractivity contribution in [2.45, 2.75) is 13.8 Å². The van der Waals surface area contributed by atoms with Crippen molar-refractivity contribution >= 4 is 38.5 Å². The lowest BCUT2D eigenvalue weighted by Crippen LogP contribution is -2.33. The number of aryl methyl sites for hydroxylation is 2. The Kier molecular flexibility index (Phi) is 4.22. The van der Waals surface area contributed by atoms with Crippen LogP contribution in [0.2, 0.25) is 0 Å². The predicted molar refractivity (Wildman–Crippen MR) is 118 cm³/mol. The zero-order chi connectivity index (χ0) is 20.8. The molecule has 0 aliphatic rings. The summed E-state index contributed by atoms with van der Waals surface area (Å²) < 4.78 is 3.10. The molecule has 7 nitrogen and oxygen atoms in total. The summed E-state index contributed by atoms with van der Waals surface area (Å²) in [6.07, 6.45) is 3.11. The number of aromatic nitrogens is 4. The molecule has 0 bridgehead atoms. The van der Waals surface area contributed by atoms with Gasteiger partial charge in [0.1, 0.15) is 17.5 Å². The second kappa shape index (κ2) is 6.93. The summed E-state index contributed by atoms with van der Waals surface area (Å²) in [5.74, 6) is -0.384. The Balaban J connectivity index is 1.43. The van der Waals surface area contributed by atoms with Gasteiger partial charge in [-0.15, -0.1) is 11.3 Å². The molecule has 0 spiro atoms. The number of imidazole rings is 1. The molecular weight excluding hydrogens is 398 g/mol. The van der Waals surface area contributed by atoms with E-state index in [0.717, 1.165) is 31.8 Å².